The smallest absolute Gasteiger partial charge is 0.321 e. The molecule has 0 amide bonds. The first-order valence-corrected chi connectivity index (χ1v) is 4.89. The third-order valence-corrected chi connectivity index (χ3v) is 2.67. The van der Waals surface area contributed by atoms with Gasteiger partial charge in [-0.15, -0.1) is 0 Å². The Morgan fingerprint density at radius 1 is 1.71 bits per heavy atom. The monoisotopic (exact) mass is 202 g/mol. The Kier molecular flexibility index (Phi) is 4.31. The molecular formula is C9H18N2O3. The van der Waals surface area contributed by atoms with Gasteiger partial charge in [0.15, 0.2) is 0 Å². The summed E-state index contributed by atoms with van der Waals surface area (Å²) in [6.07, 6.45) is 3.40. The van der Waals surface area contributed by atoms with E-state index in [1.54, 1.807) is 7.11 Å². The summed E-state index contributed by atoms with van der Waals surface area (Å²) >= 11 is 0. The first-order chi connectivity index (χ1) is 6.65. The van der Waals surface area contributed by atoms with E-state index < -0.39 is 12.0 Å². The molecule has 14 heavy (non-hydrogen) atoms. The van der Waals surface area contributed by atoms with Crippen LogP contribution in [0.2, 0.25) is 0 Å². The fraction of sp³-hybridized carbons (Fsp3) is 0.889. The van der Waals surface area contributed by atoms with Gasteiger partial charge in [0.05, 0.1) is 6.10 Å². The Balaban J connectivity index is 2.26. The van der Waals surface area contributed by atoms with E-state index in [2.05, 4.69) is 5.32 Å². The van der Waals surface area contributed by atoms with Gasteiger partial charge >= 0.3 is 5.97 Å². The average Bonchev–Trinajstić information content (AvgIpc) is 2.60. The molecule has 0 radical (unpaired) electrons. The van der Waals surface area contributed by atoms with Gasteiger partial charge in [0, 0.05) is 19.7 Å². The number of hydrogen-bond donors (Lipinski definition) is 3. The predicted molar refractivity (Wildman–Crippen MR) is 52.0 cm³/mol. The Hall–Kier alpha value is -0.650. The van der Waals surface area contributed by atoms with Crippen LogP contribution in [0.3, 0.4) is 0 Å². The van der Waals surface area contributed by atoms with Gasteiger partial charge in [0.25, 0.3) is 0 Å². The van der Waals surface area contributed by atoms with Crippen molar-refractivity contribution in [1.82, 2.24) is 5.32 Å². The highest BCUT2D eigenvalue weighted by Gasteiger charge is 2.27. The second-order valence-corrected chi connectivity index (χ2v) is 3.66. The molecule has 1 saturated carbocycles. The molecule has 5 heteroatoms. The highest BCUT2D eigenvalue weighted by Crippen LogP contribution is 2.21. The van der Waals surface area contributed by atoms with Crippen LogP contribution in [0.25, 0.3) is 0 Å². The van der Waals surface area contributed by atoms with Crippen molar-refractivity contribution in [2.75, 3.05) is 13.7 Å². The zero-order chi connectivity index (χ0) is 10.6. The third kappa shape index (κ3) is 2.94. The Morgan fingerprint density at radius 2 is 2.43 bits per heavy atom. The van der Waals surface area contributed by atoms with Crippen molar-refractivity contribution in [3.63, 3.8) is 0 Å². The number of carboxylic acids is 1. The summed E-state index contributed by atoms with van der Waals surface area (Å²) in [4.78, 5) is 10.5. The molecule has 0 aliphatic heterocycles. The SMILES string of the molecule is COC1CCCC1NCC(N)C(=O)O. The lowest BCUT2D eigenvalue weighted by atomic mass is 10.2. The van der Waals surface area contributed by atoms with Crippen molar-refractivity contribution < 1.29 is 14.6 Å². The van der Waals surface area contributed by atoms with E-state index in [4.69, 9.17) is 15.6 Å². The van der Waals surface area contributed by atoms with Crippen molar-refractivity contribution in [3.05, 3.63) is 0 Å². The maximum absolute atomic E-state index is 10.5. The number of carbonyl (C=O) groups is 1. The van der Waals surface area contributed by atoms with Crippen molar-refractivity contribution in [2.24, 2.45) is 5.73 Å². The largest absolute Gasteiger partial charge is 0.480 e. The number of carboxylic acid groups (broad SMARTS) is 1. The maximum atomic E-state index is 10.5. The summed E-state index contributed by atoms with van der Waals surface area (Å²) in [5, 5.41) is 11.7. The molecular weight excluding hydrogens is 184 g/mol. The van der Waals surface area contributed by atoms with Gasteiger partial charge in [-0.25, -0.2) is 0 Å². The highest BCUT2D eigenvalue weighted by molar-refractivity contribution is 5.73. The molecule has 0 spiro atoms. The summed E-state index contributed by atoms with van der Waals surface area (Å²) in [6.45, 7) is 0.305. The summed E-state index contributed by atoms with van der Waals surface area (Å²) in [5.41, 5.74) is 5.38. The van der Waals surface area contributed by atoms with E-state index >= 15 is 0 Å². The zero-order valence-electron chi connectivity index (χ0n) is 8.40. The minimum atomic E-state index is -0.968. The maximum Gasteiger partial charge on any atom is 0.321 e. The fourth-order valence-electron chi connectivity index (χ4n) is 1.81. The number of methoxy groups -OCH3 is 1. The zero-order valence-corrected chi connectivity index (χ0v) is 8.40. The van der Waals surface area contributed by atoms with Gasteiger partial charge in [-0.05, 0) is 19.3 Å². The van der Waals surface area contributed by atoms with Crippen molar-refractivity contribution in [1.29, 1.82) is 0 Å². The molecule has 1 fully saturated rings. The van der Waals surface area contributed by atoms with E-state index in [9.17, 15) is 4.79 Å². The molecule has 5 nitrogen and oxygen atoms in total. The summed E-state index contributed by atoms with van der Waals surface area (Å²) in [6, 6.07) is -0.571. The van der Waals surface area contributed by atoms with Crippen LogP contribution in [-0.2, 0) is 9.53 Å². The summed E-state index contributed by atoms with van der Waals surface area (Å²) in [5.74, 6) is -0.968. The van der Waals surface area contributed by atoms with E-state index in [1.807, 2.05) is 0 Å². The molecule has 1 rings (SSSR count). The van der Waals surface area contributed by atoms with Crippen molar-refractivity contribution >= 4 is 5.97 Å². The van der Waals surface area contributed by atoms with Crippen LogP contribution in [0.15, 0.2) is 0 Å². The summed E-state index contributed by atoms with van der Waals surface area (Å²) < 4.78 is 5.27. The van der Waals surface area contributed by atoms with Crippen molar-refractivity contribution in [2.45, 2.75) is 37.5 Å². The molecule has 1 aliphatic carbocycles. The Morgan fingerprint density at radius 3 is 3.00 bits per heavy atom. The second-order valence-electron chi connectivity index (χ2n) is 3.66. The van der Waals surface area contributed by atoms with Gasteiger partial charge in [-0.3, -0.25) is 4.79 Å². The fourth-order valence-corrected chi connectivity index (χ4v) is 1.81. The Labute approximate surface area is 83.6 Å². The summed E-state index contributed by atoms with van der Waals surface area (Å²) in [7, 11) is 1.68. The minimum absolute atomic E-state index is 0.205. The average molecular weight is 202 g/mol. The molecule has 0 saturated heterocycles. The molecule has 3 atom stereocenters. The molecule has 3 unspecified atom stereocenters. The Bertz CT molecular complexity index is 198. The van der Waals surface area contributed by atoms with Crippen LogP contribution >= 0.6 is 0 Å². The lowest BCUT2D eigenvalue weighted by Gasteiger charge is -2.20. The number of nitrogens with one attached hydrogen (secondary N) is 1. The lowest BCUT2D eigenvalue weighted by molar-refractivity contribution is -0.138. The van der Waals surface area contributed by atoms with Crippen LogP contribution < -0.4 is 11.1 Å². The molecule has 0 heterocycles. The third-order valence-electron chi connectivity index (χ3n) is 2.67. The molecule has 1 aliphatic rings. The first kappa shape index (κ1) is 11.4. The predicted octanol–water partition coefficient (Wildman–Crippen LogP) is -0.445. The molecule has 0 bridgehead atoms. The van der Waals surface area contributed by atoms with Crippen LogP contribution in [0.1, 0.15) is 19.3 Å². The first-order valence-electron chi connectivity index (χ1n) is 4.89. The number of hydrogen-bond acceptors (Lipinski definition) is 4. The lowest BCUT2D eigenvalue weighted by Crippen LogP contribution is -2.46. The number of nitrogens with two attached hydrogens (primary N) is 1. The minimum Gasteiger partial charge on any atom is -0.480 e. The van der Waals surface area contributed by atoms with Gasteiger partial charge < -0.3 is 20.9 Å². The number of ether oxygens (including phenoxy) is 1. The van der Waals surface area contributed by atoms with E-state index in [-0.39, 0.29) is 12.1 Å². The van der Waals surface area contributed by atoms with Crippen LogP contribution in [0, 0.1) is 0 Å². The standard InChI is InChI=1S/C9H18N2O3/c1-14-8-4-2-3-7(8)11-5-6(10)9(12)13/h6-8,11H,2-5,10H2,1H3,(H,12,13). The van der Waals surface area contributed by atoms with Crippen LogP contribution in [-0.4, -0.2) is 42.9 Å². The number of aliphatic carboxylic acids is 1. The quantitative estimate of drug-likeness (QED) is 0.562. The van der Waals surface area contributed by atoms with Gasteiger partial charge in [-0.2, -0.15) is 0 Å². The molecule has 82 valence electrons. The highest BCUT2D eigenvalue weighted by atomic mass is 16.5. The normalized spacial score (nSPS) is 29.0. The van der Waals surface area contributed by atoms with E-state index in [0.717, 1.165) is 19.3 Å². The topological polar surface area (TPSA) is 84.6 Å². The number of rotatable bonds is 5. The van der Waals surface area contributed by atoms with Gasteiger partial charge in [0.2, 0.25) is 0 Å². The molecule has 0 aromatic rings. The molecule has 4 N–H and O–H groups in total. The van der Waals surface area contributed by atoms with E-state index in [0.29, 0.717) is 6.54 Å². The van der Waals surface area contributed by atoms with Crippen LogP contribution in [0.5, 0.6) is 0 Å². The van der Waals surface area contributed by atoms with Gasteiger partial charge in [0.1, 0.15) is 6.04 Å². The van der Waals surface area contributed by atoms with E-state index in [1.165, 1.54) is 0 Å². The molecule has 0 aromatic carbocycles. The van der Waals surface area contributed by atoms with Crippen molar-refractivity contribution in [3.8, 4) is 0 Å². The van der Waals surface area contributed by atoms with Gasteiger partial charge in [-0.1, -0.05) is 0 Å². The second kappa shape index (κ2) is 5.29. The molecule has 0 aromatic heterocycles. The van der Waals surface area contributed by atoms with Crippen LogP contribution in [0.4, 0.5) is 0 Å².